The van der Waals surface area contributed by atoms with E-state index >= 15 is 0 Å². The number of aliphatic carboxylic acids is 1. The zero-order valence-corrected chi connectivity index (χ0v) is 38.3. The van der Waals surface area contributed by atoms with Crippen molar-refractivity contribution >= 4 is 33.5 Å². The maximum absolute atomic E-state index is 13.3. The lowest BCUT2D eigenvalue weighted by molar-refractivity contribution is -0.248. The molecule has 11 atom stereocenters. The highest BCUT2D eigenvalue weighted by atomic mass is 32.2. The Kier molecular flexibility index (Phi) is 11.6. The highest BCUT2D eigenvalue weighted by Crippen LogP contribution is 2.78. The summed E-state index contributed by atoms with van der Waals surface area (Å²) < 4.78 is 31.1. The van der Waals surface area contributed by atoms with Crippen molar-refractivity contribution in [3.05, 3.63) is 0 Å². The minimum atomic E-state index is -2.91. The van der Waals surface area contributed by atoms with Gasteiger partial charge in [-0.3, -0.25) is 14.5 Å². The van der Waals surface area contributed by atoms with Crippen LogP contribution in [0.3, 0.4) is 0 Å². The third-order valence-electron chi connectivity index (χ3n) is 19.1. The van der Waals surface area contributed by atoms with Crippen molar-refractivity contribution in [3.63, 3.8) is 0 Å². The van der Waals surface area contributed by atoms with Crippen molar-refractivity contribution in [1.29, 1.82) is 0 Å². The molecule has 2 N–H and O–H groups in total. The van der Waals surface area contributed by atoms with Gasteiger partial charge in [-0.1, -0.05) is 55.4 Å². The smallest absolute Gasteiger partial charge is 0.306 e. The Morgan fingerprint density at radius 3 is 2.18 bits per heavy atom. The number of nitrogens with one attached hydrogen (secondary N) is 1. The number of fused-ring (bicyclic) bond motifs is 7. The molecular weight excluding hydrogens is 741 g/mol. The van der Waals surface area contributed by atoms with Crippen molar-refractivity contribution in [1.82, 2.24) is 10.2 Å². The second kappa shape index (κ2) is 15.0. The number of carboxylic acids is 1. The highest BCUT2D eigenvalue weighted by Gasteiger charge is 2.72. The van der Waals surface area contributed by atoms with Crippen molar-refractivity contribution < 1.29 is 27.9 Å². The number of ether oxygens (including phenoxy) is 1. The molecule has 0 aromatic rings. The largest absolute Gasteiger partial charge is 0.481 e. The Bertz CT molecular complexity index is 1600. The summed E-state index contributed by atoms with van der Waals surface area (Å²) in [5.41, 5.74) is 0.596. The van der Waals surface area contributed by atoms with E-state index in [1.807, 2.05) is 25.6 Å². The first-order chi connectivity index (χ1) is 26.0. The summed E-state index contributed by atoms with van der Waals surface area (Å²) in [5.74, 6) is 3.88. The summed E-state index contributed by atoms with van der Waals surface area (Å²) in [6.07, 6.45) is 18.2. The van der Waals surface area contributed by atoms with Gasteiger partial charge in [-0.05, 0) is 152 Å². The lowest BCUT2D eigenvalue weighted by Gasteiger charge is -2.73. The number of sulfone groups is 1. The third-order valence-corrected chi connectivity index (χ3v) is 21.3. The van der Waals surface area contributed by atoms with Crippen LogP contribution in [0.15, 0.2) is 0 Å². The molecule has 1 saturated heterocycles. The Morgan fingerprint density at radius 2 is 1.54 bits per heavy atom. The molecule has 8 nitrogen and oxygen atoms in total. The van der Waals surface area contributed by atoms with Crippen LogP contribution >= 0.6 is 11.8 Å². The molecule has 0 bridgehead atoms. The molecular formula is C46H78N2O6S2. The predicted octanol–water partition coefficient (Wildman–Crippen LogP) is 8.86. The monoisotopic (exact) mass is 819 g/mol. The molecule has 0 spiro atoms. The van der Waals surface area contributed by atoms with E-state index in [1.165, 1.54) is 64.2 Å². The van der Waals surface area contributed by atoms with E-state index in [4.69, 9.17) is 4.74 Å². The van der Waals surface area contributed by atoms with Gasteiger partial charge in [0.15, 0.2) is 9.84 Å². The molecule has 1 heterocycles. The number of rotatable bonds is 13. The molecule has 320 valence electrons. The zero-order chi connectivity index (χ0) is 40.7. The van der Waals surface area contributed by atoms with E-state index in [1.54, 1.807) is 0 Å². The molecule has 0 radical (unpaired) electrons. The summed E-state index contributed by atoms with van der Waals surface area (Å²) in [6, 6.07) is 0.384. The summed E-state index contributed by atoms with van der Waals surface area (Å²) in [4.78, 5) is 27.3. The number of hydrogen-bond donors (Lipinski definition) is 2. The van der Waals surface area contributed by atoms with Gasteiger partial charge in [-0.25, -0.2) is 8.42 Å². The molecule has 56 heavy (non-hydrogen) atoms. The van der Waals surface area contributed by atoms with Crippen LogP contribution < -0.4 is 5.32 Å². The molecule has 0 amide bonds. The first kappa shape index (κ1) is 43.3. The van der Waals surface area contributed by atoms with Gasteiger partial charge in [-0.2, -0.15) is 11.8 Å². The molecule has 7 aliphatic rings. The molecule has 7 fully saturated rings. The SMILES string of the molecule is CSCC[C@H](CN[C@]12CC[C@@H](C3(C)CC3)[C@@H]1[C@H]1CC[C@@H]3[C@@]4(C)CC[C@H](OC(=O)CC(C)(C)CC(=O)O)C(C)(C)[C@@H]4CC[C@@]3(C)[C@]1(C)CC2)N1CCS(=O)(=O)CC1. The predicted molar refractivity (Wildman–Crippen MR) is 227 cm³/mol. The number of carbonyl (C=O) groups is 2. The van der Waals surface area contributed by atoms with E-state index in [0.717, 1.165) is 37.5 Å². The average molecular weight is 819 g/mol. The number of hydrogen-bond acceptors (Lipinski definition) is 8. The Hall–Kier alpha value is -0.840. The van der Waals surface area contributed by atoms with Crippen LogP contribution in [-0.4, -0.2) is 91.2 Å². The first-order valence-electron chi connectivity index (χ1n) is 22.6. The summed E-state index contributed by atoms with van der Waals surface area (Å²) in [7, 11) is -2.91. The quantitative estimate of drug-likeness (QED) is 0.176. The number of carbonyl (C=O) groups excluding carboxylic acids is 1. The topological polar surface area (TPSA) is 113 Å². The van der Waals surface area contributed by atoms with E-state index in [0.29, 0.717) is 59.7 Å². The van der Waals surface area contributed by atoms with Crippen molar-refractivity contribution in [2.75, 3.05) is 43.1 Å². The van der Waals surface area contributed by atoms with E-state index in [-0.39, 0.29) is 52.1 Å². The number of esters is 1. The maximum atomic E-state index is 13.3. The van der Waals surface area contributed by atoms with Crippen LogP contribution in [0, 0.1) is 62.1 Å². The van der Waals surface area contributed by atoms with E-state index in [9.17, 15) is 23.1 Å². The van der Waals surface area contributed by atoms with Crippen molar-refractivity contribution in [2.24, 2.45) is 62.1 Å². The molecule has 7 rings (SSSR count). The van der Waals surface area contributed by atoms with Crippen LogP contribution in [0.25, 0.3) is 0 Å². The van der Waals surface area contributed by atoms with Crippen LogP contribution in [0.4, 0.5) is 0 Å². The lowest BCUT2D eigenvalue weighted by Crippen LogP contribution is -2.69. The Balaban J connectivity index is 1.11. The molecule has 1 aliphatic heterocycles. The van der Waals surface area contributed by atoms with Gasteiger partial charge in [0.25, 0.3) is 0 Å². The molecule has 0 unspecified atom stereocenters. The van der Waals surface area contributed by atoms with E-state index in [2.05, 4.69) is 58.0 Å². The standard InChI is InChI=1S/C46H78N2O6S2/c1-40(2,28-37(49)50)29-38(51)54-36-14-16-43(6)34(41(36,3)4)13-17-45(8)35(43)11-10-33-39-32(42(5)19-20-42)12-18-46(39,22-21-44(33,45)7)47-30-31(15-25-55-9)48-23-26-56(52,53)27-24-48/h31-36,39,47H,10-30H2,1-9H3,(H,49,50)/t31-,32-,33-,34+,35-,36+,39-,43+,44-,45-,46+/m1/s1. The molecule has 10 heteroatoms. The number of thioether (sulfide) groups is 1. The van der Waals surface area contributed by atoms with Crippen LogP contribution in [0.1, 0.15) is 152 Å². The lowest BCUT2D eigenvalue weighted by atomic mass is 9.32. The zero-order valence-electron chi connectivity index (χ0n) is 36.6. The van der Waals surface area contributed by atoms with Crippen LogP contribution in [-0.2, 0) is 24.2 Å². The second-order valence-corrected chi connectivity index (χ2v) is 26.2. The van der Waals surface area contributed by atoms with Crippen molar-refractivity contribution in [3.8, 4) is 0 Å². The van der Waals surface area contributed by atoms with Gasteiger partial charge in [0.2, 0.25) is 0 Å². The normalized spacial score (nSPS) is 43.0. The van der Waals surface area contributed by atoms with Gasteiger partial charge in [-0.15, -0.1) is 0 Å². The first-order valence-corrected chi connectivity index (χ1v) is 25.9. The number of carboxylic acid groups (broad SMARTS) is 1. The molecule has 0 aromatic heterocycles. The maximum Gasteiger partial charge on any atom is 0.306 e. The van der Waals surface area contributed by atoms with E-state index < -0.39 is 21.2 Å². The van der Waals surface area contributed by atoms with Gasteiger partial charge >= 0.3 is 11.9 Å². The van der Waals surface area contributed by atoms with Gasteiger partial charge in [0, 0.05) is 36.6 Å². The highest BCUT2D eigenvalue weighted by molar-refractivity contribution is 7.98. The average Bonchev–Trinajstić information content (AvgIpc) is 3.72. The third kappa shape index (κ3) is 7.47. The second-order valence-electron chi connectivity index (χ2n) is 22.9. The van der Waals surface area contributed by atoms with Crippen LogP contribution in [0.5, 0.6) is 0 Å². The summed E-state index contributed by atoms with van der Waals surface area (Å²) >= 11 is 1.91. The van der Waals surface area contributed by atoms with Gasteiger partial charge in [0.1, 0.15) is 6.10 Å². The van der Waals surface area contributed by atoms with Crippen molar-refractivity contribution in [2.45, 2.75) is 169 Å². The Labute approximate surface area is 344 Å². The minimum absolute atomic E-state index is 0.0412. The number of nitrogens with zero attached hydrogens (tertiary/aromatic N) is 1. The summed E-state index contributed by atoms with van der Waals surface area (Å²) in [5, 5.41) is 13.8. The molecule has 6 aliphatic carbocycles. The fourth-order valence-corrected chi connectivity index (χ4v) is 17.3. The van der Waals surface area contributed by atoms with Crippen LogP contribution in [0.2, 0.25) is 0 Å². The molecule has 0 aromatic carbocycles. The minimum Gasteiger partial charge on any atom is -0.481 e. The Morgan fingerprint density at radius 1 is 0.839 bits per heavy atom. The summed E-state index contributed by atoms with van der Waals surface area (Å²) in [6.45, 7) is 21.4. The van der Waals surface area contributed by atoms with Gasteiger partial charge in [0.05, 0.1) is 24.3 Å². The van der Waals surface area contributed by atoms with Gasteiger partial charge < -0.3 is 15.2 Å². The fourth-order valence-electron chi connectivity index (χ4n) is 15.6. The molecule has 6 saturated carbocycles. The fraction of sp³-hybridized carbons (Fsp3) is 0.957.